The summed E-state index contributed by atoms with van der Waals surface area (Å²) in [5.74, 6) is 1.07. The molecule has 0 saturated carbocycles. The maximum Gasteiger partial charge on any atom is 0.279 e. The van der Waals surface area contributed by atoms with Crippen molar-refractivity contribution in [3.05, 3.63) is 61.2 Å². The molecule has 4 aromatic rings. The van der Waals surface area contributed by atoms with Crippen LogP contribution in [0.15, 0.2) is 33.9 Å². The van der Waals surface area contributed by atoms with Crippen LogP contribution < -0.4 is 11.1 Å². The zero-order valence-electron chi connectivity index (χ0n) is 13.5. The van der Waals surface area contributed by atoms with E-state index < -0.39 is 0 Å². The lowest BCUT2D eigenvalue weighted by molar-refractivity contribution is 0.775. The Morgan fingerprint density at radius 3 is 2.76 bits per heavy atom. The number of nitrogens with one attached hydrogen (secondary N) is 1. The number of aromatic nitrogens is 4. The zero-order chi connectivity index (χ0) is 17.1. The Labute approximate surface area is 145 Å². The number of nitrogens with zero attached hydrogens (tertiary/aromatic N) is 3. The first-order valence-corrected chi connectivity index (χ1v) is 8.98. The van der Waals surface area contributed by atoms with Crippen LogP contribution in [0.4, 0.5) is 0 Å². The van der Waals surface area contributed by atoms with Crippen molar-refractivity contribution in [2.45, 2.75) is 26.2 Å². The number of hydrogen-bond donors (Lipinski definition) is 1. The van der Waals surface area contributed by atoms with Gasteiger partial charge in [-0.3, -0.25) is 14.7 Å². The van der Waals surface area contributed by atoms with Crippen molar-refractivity contribution in [1.29, 1.82) is 0 Å². The number of rotatable bonds is 1. The van der Waals surface area contributed by atoms with Crippen molar-refractivity contribution in [2.24, 2.45) is 0 Å². The molecule has 1 N–H and O–H groups in total. The van der Waals surface area contributed by atoms with Crippen molar-refractivity contribution in [3.63, 3.8) is 0 Å². The molecule has 0 fully saturated rings. The molecule has 3 aromatic heterocycles. The molecule has 1 aliphatic carbocycles. The van der Waals surface area contributed by atoms with Gasteiger partial charge >= 0.3 is 0 Å². The van der Waals surface area contributed by atoms with Gasteiger partial charge in [-0.15, -0.1) is 11.3 Å². The van der Waals surface area contributed by atoms with Crippen LogP contribution >= 0.6 is 11.3 Å². The van der Waals surface area contributed by atoms with Gasteiger partial charge in [0.15, 0.2) is 5.82 Å². The van der Waals surface area contributed by atoms with E-state index in [1.54, 1.807) is 42.5 Å². The number of aromatic amines is 1. The van der Waals surface area contributed by atoms with Gasteiger partial charge in [0.1, 0.15) is 10.7 Å². The highest BCUT2D eigenvalue weighted by atomic mass is 32.1. The molecule has 0 aliphatic heterocycles. The van der Waals surface area contributed by atoms with Crippen LogP contribution in [0.3, 0.4) is 0 Å². The predicted octanol–water partition coefficient (Wildman–Crippen LogP) is 2.48. The third kappa shape index (κ3) is 2.02. The van der Waals surface area contributed by atoms with Crippen molar-refractivity contribution in [2.75, 3.05) is 0 Å². The minimum Gasteiger partial charge on any atom is -0.267 e. The molecule has 0 spiro atoms. The molecule has 6 nitrogen and oxygen atoms in total. The molecule has 1 aromatic carbocycles. The van der Waals surface area contributed by atoms with Crippen molar-refractivity contribution < 1.29 is 0 Å². The van der Waals surface area contributed by atoms with Gasteiger partial charge in [0.2, 0.25) is 0 Å². The third-order valence-electron chi connectivity index (χ3n) is 4.69. The van der Waals surface area contributed by atoms with Crippen LogP contribution in [0, 0.1) is 6.92 Å². The first kappa shape index (κ1) is 14.5. The zero-order valence-corrected chi connectivity index (χ0v) is 14.3. The molecule has 3 heterocycles. The Bertz CT molecular complexity index is 1280. The van der Waals surface area contributed by atoms with Gasteiger partial charge in [0, 0.05) is 4.88 Å². The molecular formula is C18H14N4O2S. The monoisotopic (exact) mass is 350 g/mol. The average Bonchev–Trinajstić information content (AvgIpc) is 3.18. The van der Waals surface area contributed by atoms with E-state index in [9.17, 15) is 9.59 Å². The smallest absolute Gasteiger partial charge is 0.267 e. The topological polar surface area (TPSA) is 80.6 Å². The molecule has 7 heteroatoms. The molecule has 0 radical (unpaired) electrons. The normalized spacial score (nSPS) is 13.6. The summed E-state index contributed by atoms with van der Waals surface area (Å²) >= 11 is 1.66. The molecule has 124 valence electrons. The number of aryl methyl sites for hydroxylation is 3. The number of fused-ring (bicyclic) bond motifs is 4. The summed E-state index contributed by atoms with van der Waals surface area (Å²) in [4.78, 5) is 36.7. The number of benzene rings is 1. The van der Waals surface area contributed by atoms with Crippen LogP contribution in [-0.4, -0.2) is 19.7 Å². The van der Waals surface area contributed by atoms with Gasteiger partial charge in [-0.2, -0.15) is 4.68 Å². The Hall–Kier alpha value is -2.80. The molecular weight excluding hydrogens is 336 g/mol. The highest BCUT2D eigenvalue weighted by molar-refractivity contribution is 7.19. The van der Waals surface area contributed by atoms with E-state index in [1.165, 1.54) is 15.1 Å². The fraction of sp³-hybridized carbons (Fsp3) is 0.222. The quantitative estimate of drug-likeness (QED) is 0.572. The lowest BCUT2D eigenvalue weighted by Gasteiger charge is -2.09. The summed E-state index contributed by atoms with van der Waals surface area (Å²) in [6.07, 6.45) is 3.10. The highest BCUT2D eigenvalue weighted by Crippen LogP contribution is 2.38. The molecule has 1 aliphatic rings. The van der Waals surface area contributed by atoms with Gasteiger partial charge in [0.25, 0.3) is 11.1 Å². The van der Waals surface area contributed by atoms with Crippen molar-refractivity contribution in [3.8, 4) is 5.82 Å². The lowest BCUT2D eigenvalue weighted by Crippen LogP contribution is -2.29. The SMILES string of the molecule is Cc1nc(-n2[nH]c(=O)c3ccccc3c2=O)c2c3c(sc2n1)CCC3. The molecule has 0 unspecified atom stereocenters. The molecule has 5 rings (SSSR count). The van der Waals surface area contributed by atoms with Crippen LogP contribution in [0.2, 0.25) is 0 Å². The Kier molecular flexibility index (Phi) is 2.96. The van der Waals surface area contributed by atoms with Gasteiger partial charge < -0.3 is 0 Å². The first-order valence-electron chi connectivity index (χ1n) is 8.17. The second-order valence-electron chi connectivity index (χ2n) is 6.26. The second-order valence-corrected chi connectivity index (χ2v) is 7.34. The standard InChI is InChI=1S/C18H14N4O2S/c1-9-19-15(14-12-7-4-8-13(12)25-17(14)20-9)22-18(24)11-6-3-2-5-10(11)16(23)21-22/h2-3,5-6H,4,7-8H2,1H3,(H,21,23). The maximum absolute atomic E-state index is 13.0. The van der Waals surface area contributed by atoms with E-state index in [4.69, 9.17) is 0 Å². The van der Waals surface area contributed by atoms with Crippen molar-refractivity contribution >= 4 is 32.3 Å². The summed E-state index contributed by atoms with van der Waals surface area (Å²) in [6.45, 7) is 1.80. The van der Waals surface area contributed by atoms with Crippen LogP contribution in [0.25, 0.3) is 26.8 Å². The largest absolute Gasteiger partial charge is 0.279 e. The molecule has 0 saturated heterocycles. The maximum atomic E-state index is 13.0. The van der Waals surface area contributed by atoms with Crippen LogP contribution in [-0.2, 0) is 12.8 Å². The summed E-state index contributed by atoms with van der Waals surface area (Å²) < 4.78 is 1.28. The number of H-pyrrole nitrogens is 1. The van der Waals surface area contributed by atoms with Crippen LogP contribution in [0.1, 0.15) is 22.7 Å². The van der Waals surface area contributed by atoms with Gasteiger partial charge in [-0.25, -0.2) is 9.97 Å². The first-order chi connectivity index (χ1) is 12.1. The summed E-state index contributed by atoms with van der Waals surface area (Å²) in [5.41, 5.74) is 0.648. The highest BCUT2D eigenvalue weighted by Gasteiger charge is 2.23. The van der Waals surface area contributed by atoms with E-state index in [0.717, 1.165) is 29.5 Å². The predicted molar refractivity (Wildman–Crippen MR) is 97.9 cm³/mol. The molecule has 25 heavy (non-hydrogen) atoms. The van der Waals surface area contributed by atoms with E-state index in [0.29, 0.717) is 22.4 Å². The lowest BCUT2D eigenvalue weighted by atomic mass is 10.2. The third-order valence-corrected chi connectivity index (χ3v) is 5.87. The van der Waals surface area contributed by atoms with E-state index >= 15 is 0 Å². The number of hydrogen-bond acceptors (Lipinski definition) is 5. The summed E-state index contributed by atoms with van der Waals surface area (Å²) in [5, 5.41) is 4.38. The summed E-state index contributed by atoms with van der Waals surface area (Å²) in [7, 11) is 0. The van der Waals surface area contributed by atoms with Gasteiger partial charge in [-0.1, -0.05) is 12.1 Å². The fourth-order valence-corrected chi connectivity index (χ4v) is 4.89. The Balaban J connectivity index is 1.94. The fourth-order valence-electron chi connectivity index (χ4n) is 3.59. The second kappa shape index (κ2) is 5.10. The van der Waals surface area contributed by atoms with E-state index in [1.807, 2.05) is 0 Å². The molecule has 0 amide bonds. The average molecular weight is 350 g/mol. The van der Waals surface area contributed by atoms with Crippen molar-refractivity contribution in [1.82, 2.24) is 19.7 Å². The van der Waals surface area contributed by atoms with Gasteiger partial charge in [0.05, 0.1) is 16.2 Å². The minimum absolute atomic E-state index is 0.271. The Morgan fingerprint density at radius 2 is 1.92 bits per heavy atom. The van der Waals surface area contributed by atoms with Crippen LogP contribution in [0.5, 0.6) is 0 Å². The Morgan fingerprint density at radius 1 is 1.12 bits per heavy atom. The van der Waals surface area contributed by atoms with E-state index in [2.05, 4.69) is 15.1 Å². The molecule has 0 atom stereocenters. The molecule has 0 bridgehead atoms. The number of thiophene rings is 1. The van der Waals surface area contributed by atoms with E-state index in [-0.39, 0.29) is 11.1 Å². The van der Waals surface area contributed by atoms with Gasteiger partial charge in [-0.05, 0) is 43.9 Å². The summed E-state index contributed by atoms with van der Waals surface area (Å²) in [6, 6.07) is 6.84. The minimum atomic E-state index is -0.300.